The molecular weight excluding hydrogens is 388 g/mol. The van der Waals surface area contributed by atoms with Gasteiger partial charge in [-0.1, -0.05) is 19.8 Å². The lowest BCUT2D eigenvalue weighted by Crippen LogP contribution is -2.54. The minimum atomic E-state index is -0.909. The Hall–Kier alpha value is -2.90. The predicted molar refractivity (Wildman–Crippen MR) is 108 cm³/mol. The maximum atomic E-state index is 12.9. The molecule has 3 rings (SSSR count). The second kappa shape index (κ2) is 8.85. The third-order valence-corrected chi connectivity index (χ3v) is 5.94. The van der Waals surface area contributed by atoms with Crippen molar-refractivity contribution < 1.29 is 28.7 Å². The highest BCUT2D eigenvalue weighted by atomic mass is 16.5. The van der Waals surface area contributed by atoms with E-state index in [9.17, 15) is 19.2 Å². The van der Waals surface area contributed by atoms with Gasteiger partial charge in [-0.05, 0) is 50.8 Å². The first-order valence-corrected chi connectivity index (χ1v) is 10.3. The summed E-state index contributed by atoms with van der Waals surface area (Å²) in [5.41, 5.74) is 0.118. The monoisotopic (exact) mass is 416 g/mol. The number of nitrogens with one attached hydrogen (secondary N) is 1. The molecule has 1 aromatic rings. The number of nitrogens with zero attached hydrogens (tertiary/aromatic N) is 1. The largest absolute Gasteiger partial charge is 0.493 e. The van der Waals surface area contributed by atoms with Crippen LogP contribution in [0.3, 0.4) is 0 Å². The van der Waals surface area contributed by atoms with E-state index < -0.39 is 24.1 Å². The minimum Gasteiger partial charge on any atom is -0.493 e. The van der Waals surface area contributed by atoms with Gasteiger partial charge in [0.05, 0.1) is 6.61 Å². The molecule has 8 nitrogen and oxygen atoms in total. The standard InChI is InChI=1S/C22H28N2O6/c1-4-29-18-9-8-16(15(3)25)11-17(18)13-30-19(26)12-24-20(27)22(23-21(24)28)10-6-5-7-14(22)2/h8-9,11,14H,4-7,10,12-13H2,1-3H3,(H,23,28)/t14-,22+/m1/s1. The zero-order chi connectivity index (χ0) is 21.9. The van der Waals surface area contributed by atoms with Gasteiger partial charge >= 0.3 is 12.0 Å². The second-order valence-electron chi connectivity index (χ2n) is 7.91. The van der Waals surface area contributed by atoms with E-state index in [4.69, 9.17) is 9.47 Å². The predicted octanol–water partition coefficient (Wildman–Crippen LogP) is 2.83. The molecule has 1 spiro atoms. The number of rotatable bonds is 7. The molecule has 1 aromatic carbocycles. The van der Waals surface area contributed by atoms with Crippen molar-refractivity contribution in [3.8, 4) is 5.75 Å². The first-order chi connectivity index (χ1) is 14.3. The van der Waals surface area contributed by atoms with E-state index in [1.165, 1.54) is 6.92 Å². The normalized spacial score (nSPS) is 23.4. The Bertz CT molecular complexity index is 867. The number of urea groups is 1. The maximum Gasteiger partial charge on any atom is 0.326 e. The first kappa shape index (κ1) is 21.8. The Morgan fingerprint density at radius 3 is 2.70 bits per heavy atom. The molecule has 1 aliphatic heterocycles. The summed E-state index contributed by atoms with van der Waals surface area (Å²) in [5, 5.41) is 2.82. The zero-order valence-corrected chi connectivity index (χ0v) is 17.7. The van der Waals surface area contributed by atoms with Crippen LogP contribution in [0.1, 0.15) is 62.4 Å². The molecule has 0 radical (unpaired) electrons. The van der Waals surface area contributed by atoms with Crippen LogP contribution >= 0.6 is 0 Å². The summed E-state index contributed by atoms with van der Waals surface area (Å²) in [6.07, 6.45) is 3.33. The molecule has 8 heteroatoms. The van der Waals surface area contributed by atoms with E-state index in [1.54, 1.807) is 18.2 Å². The lowest BCUT2D eigenvalue weighted by molar-refractivity contribution is -0.149. The molecule has 1 aliphatic carbocycles. The molecule has 30 heavy (non-hydrogen) atoms. The Morgan fingerprint density at radius 1 is 1.27 bits per heavy atom. The van der Waals surface area contributed by atoms with E-state index >= 15 is 0 Å². The van der Waals surface area contributed by atoms with Crippen LogP contribution in [0.4, 0.5) is 4.79 Å². The van der Waals surface area contributed by atoms with Gasteiger partial charge in [0.15, 0.2) is 5.78 Å². The van der Waals surface area contributed by atoms with Gasteiger partial charge in [0.1, 0.15) is 24.4 Å². The van der Waals surface area contributed by atoms with Crippen LogP contribution in [0.2, 0.25) is 0 Å². The molecule has 2 atom stereocenters. The average molecular weight is 416 g/mol. The van der Waals surface area contributed by atoms with Gasteiger partial charge in [-0.25, -0.2) is 4.79 Å². The smallest absolute Gasteiger partial charge is 0.326 e. The molecule has 1 saturated heterocycles. The SMILES string of the molecule is CCOc1ccc(C(C)=O)cc1COC(=O)CN1C(=O)N[C@]2(CCCC[C@H]2C)C1=O. The van der Waals surface area contributed by atoms with Gasteiger partial charge in [-0.15, -0.1) is 0 Å². The Balaban J connectivity index is 1.66. The topological polar surface area (TPSA) is 102 Å². The highest BCUT2D eigenvalue weighted by molar-refractivity contribution is 6.09. The minimum absolute atomic E-state index is 0.0202. The number of benzene rings is 1. The summed E-state index contributed by atoms with van der Waals surface area (Å²) in [4.78, 5) is 50.3. The van der Waals surface area contributed by atoms with Crippen molar-refractivity contribution in [2.75, 3.05) is 13.2 Å². The maximum absolute atomic E-state index is 12.9. The zero-order valence-electron chi connectivity index (χ0n) is 17.7. The Kier molecular flexibility index (Phi) is 6.43. The van der Waals surface area contributed by atoms with Crippen LogP contribution in [0.5, 0.6) is 5.75 Å². The van der Waals surface area contributed by atoms with E-state index in [0.29, 0.717) is 29.9 Å². The fourth-order valence-corrected chi connectivity index (χ4v) is 4.18. The lowest BCUT2D eigenvalue weighted by atomic mass is 9.73. The number of Topliss-reactive ketones (excluding diaryl/α,β-unsaturated/α-hetero) is 1. The van der Waals surface area contributed by atoms with Crippen molar-refractivity contribution in [1.82, 2.24) is 10.2 Å². The number of imide groups is 1. The van der Waals surface area contributed by atoms with Gasteiger partial charge in [0, 0.05) is 11.1 Å². The number of carbonyl (C=O) groups is 4. The number of amides is 3. The molecule has 1 N–H and O–H groups in total. The fourth-order valence-electron chi connectivity index (χ4n) is 4.18. The highest BCUT2D eigenvalue weighted by Gasteiger charge is 2.55. The number of ether oxygens (including phenoxy) is 2. The number of carbonyl (C=O) groups excluding carboxylic acids is 4. The van der Waals surface area contributed by atoms with Crippen LogP contribution in [0.15, 0.2) is 18.2 Å². The molecule has 0 unspecified atom stereocenters. The Labute approximate surface area is 175 Å². The van der Waals surface area contributed by atoms with E-state index in [0.717, 1.165) is 24.2 Å². The first-order valence-electron chi connectivity index (χ1n) is 10.3. The van der Waals surface area contributed by atoms with Crippen molar-refractivity contribution in [1.29, 1.82) is 0 Å². The van der Waals surface area contributed by atoms with Gasteiger partial charge in [0.2, 0.25) is 0 Å². The van der Waals surface area contributed by atoms with Crippen molar-refractivity contribution in [2.24, 2.45) is 5.92 Å². The van der Waals surface area contributed by atoms with E-state index in [1.807, 2.05) is 13.8 Å². The summed E-state index contributed by atoms with van der Waals surface area (Å²) in [6.45, 7) is 5.08. The second-order valence-corrected chi connectivity index (χ2v) is 7.91. The molecule has 1 saturated carbocycles. The fraction of sp³-hybridized carbons (Fsp3) is 0.545. The van der Waals surface area contributed by atoms with Crippen LogP contribution in [-0.4, -0.2) is 47.3 Å². The van der Waals surface area contributed by atoms with Crippen LogP contribution in [0, 0.1) is 5.92 Å². The molecule has 1 heterocycles. The van der Waals surface area contributed by atoms with Crippen molar-refractivity contribution in [3.63, 3.8) is 0 Å². The van der Waals surface area contributed by atoms with Crippen molar-refractivity contribution >= 4 is 23.7 Å². The van der Waals surface area contributed by atoms with Gasteiger partial charge < -0.3 is 14.8 Å². The molecule has 0 bridgehead atoms. The summed E-state index contributed by atoms with van der Waals surface area (Å²) < 4.78 is 10.8. The third-order valence-electron chi connectivity index (χ3n) is 5.94. The van der Waals surface area contributed by atoms with Crippen LogP contribution < -0.4 is 10.1 Å². The average Bonchev–Trinajstić information content (AvgIpc) is 2.94. The summed E-state index contributed by atoms with van der Waals surface area (Å²) in [6, 6.07) is 4.37. The molecule has 2 aliphatic rings. The molecular formula is C22H28N2O6. The number of ketones is 1. The van der Waals surface area contributed by atoms with E-state index in [-0.39, 0.29) is 24.2 Å². The highest BCUT2D eigenvalue weighted by Crippen LogP contribution is 2.38. The number of hydrogen-bond donors (Lipinski definition) is 1. The van der Waals surface area contributed by atoms with Gasteiger partial charge in [-0.3, -0.25) is 19.3 Å². The van der Waals surface area contributed by atoms with E-state index in [2.05, 4.69) is 5.32 Å². The summed E-state index contributed by atoms with van der Waals surface area (Å²) >= 11 is 0. The molecule has 2 fully saturated rings. The molecule has 0 aromatic heterocycles. The van der Waals surface area contributed by atoms with Gasteiger partial charge in [0.25, 0.3) is 5.91 Å². The summed E-state index contributed by atoms with van der Waals surface area (Å²) in [5.74, 6) is -0.635. The van der Waals surface area contributed by atoms with Crippen molar-refractivity contribution in [3.05, 3.63) is 29.3 Å². The van der Waals surface area contributed by atoms with Crippen LogP contribution in [-0.2, 0) is 20.9 Å². The number of hydrogen-bond acceptors (Lipinski definition) is 6. The quantitative estimate of drug-likeness (QED) is 0.417. The summed E-state index contributed by atoms with van der Waals surface area (Å²) in [7, 11) is 0. The van der Waals surface area contributed by atoms with Crippen LogP contribution in [0.25, 0.3) is 0 Å². The molecule has 3 amide bonds. The lowest BCUT2D eigenvalue weighted by Gasteiger charge is -2.36. The Morgan fingerprint density at radius 2 is 2.03 bits per heavy atom. The molecule has 162 valence electrons. The number of esters is 1. The van der Waals surface area contributed by atoms with Gasteiger partial charge in [-0.2, -0.15) is 0 Å². The van der Waals surface area contributed by atoms with Crippen molar-refractivity contribution in [2.45, 2.75) is 58.6 Å². The third kappa shape index (κ3) is 4.17.